The minimum Gasteiger partial charge on any atom is -0.497 e. The Labute approximate surface area is 145 Å². The lowest BCUT2D eigenvalue weighted by atomic mass is 10.1. The highest BCUT2D eigenvalue weighted by molar-refractivity contribution is 5.93. The zero-order valence-electron chi connectivity index (χ0n) is 14.3. The molecule has 7 heteroatoms. The fourth-order valence-corrected chi connectivity index (χ4v) is 3.23. The normalized spacial score (nSPS) is 16.9. The van der Waals surface area contributed by atoms with Crippen LogP contribution in [0.1, 0.15) is 35.4 Å². The first-order valence-corrected chi connectivity index (χ1v) is 8.23. The molecule has 1 aliphatic heterocycles. The van der Waals surface area contributed by atoms with Crippen molar-refractivity contribution in [3.05, 3.63) is 41.7 Å². The summed E-state index contributed by atoms with van der Waals surface area (Å²) in [6.45, 7) is 2.46. The van der Waals surface area contributed by atoms with E-state index in [1.54, 1.807) is 22.8 Å². The summed E-state index contributed by atoms with van der Waals surface area (Å²) >= 11 is 0. The van der Waals surface area contributed by atoms with Gasteiger partial charge in [0, 0.05) is 18.3 Å². The molecule has 3 rings (SSSR count). The second-order valence-corrected chi connectivity index (χ2v) is 6.17. The van der Waals surface area contributed by atoms with E-state index in [9.17, 15) is 9.59 Å². The number of carbonyl (C=O) groups is 2. The number of carboxylic acid groups (broad SMARTS) is 1. The monoisotopic (exact) mass is 343 g/mol. The Morgan fingerprint density at radius 1 is 1.32 bits per heavy atom. The molecule has 1 aromatic carbocycles. The highest BCUT2D eigenvalue weighted by atomic mass is 16.5. The van der Waals surface area contributed by atoms with E-state index in [1.165, 1.54) is 0 Å². The molecule has 25 heavy (non-hydrogen) atoms. The van der Waals surface area contributed by atoms with Gasteiger partial charge in [-0.2, -0.15) is 5.10 Å². The van der Waals surface area contributed by atoms with Crippen molar-refractivity contribution in [3.63, 3.8) is 0 Å². The van der Waals surface area contributed by atoms with Crippen LogP contribution < -0.4 is 4.74 Å². The molecule has 0 spiro atoms. The van der Waals surface area contributed by atoms with Gasteiger partial charge < -0.3 is 14.7 Å². The fraction of sp³-hybridized carbons (Fsp3) is 0.389. The highest BCUT2D eigenvalue weighted by Crippen LogP contribution is 2.23. The molecule has 132 valence electrons. The molecule has 1 aliphatic rings. The molecule has 0 bridgehead atoms. The van der Waals surface area contributed by atoms with Gasteiger partial charge in [0.05, 0.1) is 19.2 Å². The first-order valence-electron chi connectivity index (χ1n) is 8.23. The van der Waals surface area contributed by atoms with Gasteiger partial charge in [-0.1, -0.05) is 0 Å². The number of aliphatic carboxylic acids is 1. The second-order valence-electron chi connectivity index (χ2n) is 6.17. The molecule has 1 amide bonds. The van der Waals surface area contributed by atoms with Gasteiger partial charge in [-0.3, -0.25) is 9.59 Å². The predicted molar refractivity (Wildman–Crippen MR) is 91.2 cm³/mol. The Balaban J connectivity index is 1.83. The molecular formula is C18H21N3O4. The summed E-state index contributed by atoms with van der Waals surface area (Å²) in [4.78, 5) is 25.4. The van der Waals surface area contributed by atoms with Crippen molar-refractivity contribution in [2.45, 2.75) is 32.2 Å². The Morgan fingerprint density at radius 3 is 2.68 bits per heavy atom. The van der Waals surface area contributed by atoms with E-state index in [0.717, 1.165) is 30.0 Å². The van der Waals surface area contributed by atoms with Crippen LogP contribution in [0.3, 0.4) is 0 Å². The summed E-state index contributed by atoms with van der Waals surface area (Å²) in [5.74, 6) is -0.345. The summed E-state index contributed by atoms with van der Waals surface area (Å²) < 4.78 is 6.85. The van der Waals surface area contributed by atoms with Gasteiger partial charge in [-0.15, -0.1) is 0 Å². The van der Waals surface area contributed by atoms with Crippen molar-refractivity contribution in [1.82, 2.24) is 14.7 Å². The average molecular weight is 343 g/mol. The predicted octanol–water partition coefficient (Wildman–Crippen LogP) is 2.27. The Morgan fingerprint density at radius 2 is 2.04 bits per heavy atom. The molecule has 1 atom stereocenters. The van der Waals surface area contributed by atoms with Crippen LogP contribution in [0.25, 0.3) is 5.69 Å². The number of rotatable bonds is 5. The molecule has 0 aliphatic carbocycles. The zero-order chi connectivity index (χ0) is 18.0. The largest absolute Gasteiger partial charge is 0.497 e. The SMILES string of the molecule is COc1ccc(-n2nc(C(=O)N3CCCC3CC(=O)O)cc2C)cc1. The Hall–Kier alpha value is -2.83. The maximum absolute atomic E-state index is 12.8. The number of carboxylic acids is 1. The number of hydrogen-bond donors (Lipinski definition) is 1. The number of ether oxygens (including phenoxy) is 1. The van der Waals surface area contributed by atoms with Crippen molar-refractivity contribution < 1.29 is 19.4 Å². The number of methoxy groups -OCH3 is 1. The van der Waals surface area contributed by atoms with Crippen molar-refractivity contribution in [1.29, 1.82) is 0 Å². The van der Waals surface area contributed by atoms with Crippen molar-refractivity contribution in [3.8, 4) is 11.4 Å². The minimum atomic E-state index is -0.885. The second kappa shape index (κ2) is 6.96. The van der Waals surface area contributed by atoms with E-state index in [0.29, 0.717) is 12.2 Å². The molecular weight excluding hydrogens is 322 g/mol. The number of aromatic nitrogens is 2. The molecule has 1 N–H and O–H groups in total. The molecule has 1 fully saturated rings. The van der Waals surface area contributed by atoms with E-state index in [-0.39, 0.29) is 18.4 Å². The molecule has 2 heterocycles. The number of likely N-dealkylation sites (tertiary alicyclic amines) is 1. The van der Waals surface area contributed by atoms with Crippen LogP contribution in [0.5, 0.6) is 5.75 Å². The van der Waals surface area contributed by atoms with Crippen LogP contribution in [0, 0.1) is 6.92 Å². The lowest BCUT2D eigenvalue weighted by molar-refractivity contribution is -0.137. The van der Waals surface area contributed by atoms with Gasteiger partial charge >= 0.3 is 5.97 Å². The number of aryl methyl sites for hydroxylation is 1. The van der Waals surface area contributed by atoms with Crippen LogP contribution in [-0.2, 0) is 4.79 Å². The summed E-state index contributed by atoms with van der Waals surface area (Å²) in [6, 6.07) is 8.90. The third-order valence-electron chi connectivity index (χ3n) is 4.47. The number of amides is 1. The third kappa shape index (κ3) is 3.50. The average Bonchev–Trinajstić information content (AvgIpc) is 3.20. The molecule has 2 aromatic rings. The summed E-state index contributed by atoms with van der Waals surface area (Å²) in [6.07, 6.45) is 1.52. The standard InChI is InChI=1S/C18H21N3O4/c1-12-10-16(18(24)20-9-3-4-14(20)11-17(22)23)19-21(12)13-5-7-15(25-2)8-6-13/h5-8,10,14H,3-4,9,11H2,1-2H3,(H,22,23). The molecule has 1 saturated heterocycles. The van der Waals surface area contributed by atoms with Crippen molar-refractivity contribution in [2.24, 2.45) is 0 Å². The molecule has 1 unspecified atom stereocenters. The number of nitrogens with zero attached hydrogens (tertiary/aromatic N) is 3. The van der Waals surface area contributed by atoms with Crippen molar-refractivity contribution >= 4 is 11.9 Å². The van der Waals surface area contributed by atoms with Crippen LogP contribution >= 0.6 is 0 Å². The van der Waals surface area contributed by atoms with Crippen LogP contribution in [-0.4, -0.2) is 51.4 Å². The first kappa shape index (κ1) is 17.0. The summed E-state index contributed by atoms with van der Waals surface area (Å²) in [5, 5.41) is 13.4. The van der Waals surface area contributed by atoms with Gasteiger partial charge in [-0.25, -0.2) is 4.68 Å². The maximum Gasteiger partial charge on any atom is 0.305 e. The maximum atomic E-state index is 12.8. The smallest absolute Gasteiger partial charge is 0.305 e. The Kier molecular flexibility index (Phi) is 4.74. The van der Waals surface area contributed by atoms with Gasteiger partial charge in [0.1, 0.15) is 5.75 Å². The van der Waals surface area contributed by atoms with E-state index in [1.807, 2.05) is 31.2 Å². The van der Waals surface area contributed by atoms with Crippen LogP contribution in [0.15, 0.2) is 30.3 Å². The van der Waals surface area contributed by atoms with E-state index < -0.39 is 5.97 Å². The quantitative estimate of drug-likeness (QED) is 0.900. The summed E-state index contributed by atoms with van der Waals surface area (Å²) in [7, 11) is 1.61. The molecule has 7 nitrogen and oxygen atoms in total. The molecule has 0 saturated carbocycles. The topological polar surface area (TPSA) is 84.7 Å². The van der Waals surface area contributed by atoms with Crippen LogP contribution in [0.2, 0.25) is 0 Å². The molecule has 0 radical (unpaired) electrons. The first-order chi connectivity index (χ1) is 12.0. The lowest BCUT2D eigenvalue weighted by Gasteiger charge is -2.22. The number of hydrogen-bond acceptors (Lipinski definition) is 4. The van der Waals surface area contributed by atoms with Gasteiger partial charge in [0.2, 0.25) is 0 Å². The summed E-state index contributed by atoms with van der Waals surface area (Å²) in [5.41, 5.74) is 2.01. The van der Waals surface area contributed by atoms with Crippen molar-refractivity contribution in [2.75, 3.05) is 13.7 Å². The fourth-order valence-electron chi connectivity index (χ4n) is 3.23. The Bertz CT molecular complexity index is 782. The van der Waals surface area contributed by atoms with E-state index in [2.05, 4.69) is 5.10 Å². The van der Waals surface area contributed by atoms with E-state index in [4.69, 9.17) is 9.84 Å². The minimum absolute atomic E-state index is 0.0239. The number of carbonyl (C=O) groups excluding carboxylic acids is 1. The number of benzene rings is 1. The van der Waals surface area contributed by atoms with E-state index >= 15 is 0 Å². The van der Waals surface area contributed by atoms with Gasteiger partial charge in [0.25, 0.3) is 5.91 Å². The zero-order valence-corrected chi connectivity index (χ0v) is 14.3. The van der Waals surface area contributed by atoms with Crippen LogP contribution in [0.4, 0.5) is 0 Å². The lowest BCUT2D eigenvalue weighted by Crippen LogP contribution is -2.37. The van der Waals surface area contributed by atoms with Gasteiger partial charge in [0.15, 0.2) is 5.69 Å². The van der Waals surface area contributed by atoms with Gasteiger partial charge in [-0.05, 0) is 50.1 Å². The highest BCUT2D eigenvalue weighted by Gasteiger charge is 2.32. The third-order valence-corrected chi connectivity index (χ3v) is 4.47. The molecule has 1 aromatic heterocycles.